The number of piperidine rings is 1. The van der Waals surface area contributed by atoms with E-state index in [-0.39, 0.29) is 6.10 Å². The molecule has 18 heavy (non-hydrogen) atoms. The third kappa shape index (κ3) is 2.07. The number of benzene rings is 1. The third-order valence-electron chi connectivity index (χ3n) is 4.32. The Labute approximate surface area is 108 Å². The second kappa shape index (κ2) is 4.81. The van der Waals surface area contributed by atoms with Crippen LogP contribution in [0.25, 0.3) is 0 Å². The van der Waals surface area contributed by atoms with Crippen molar-refractivity contribution in [1.82, 2.24) is 4.90 Å². The Morgan fingerprint density at radius 1 is 1.28 bits per heavy atom. The summed E-state index contributed by atoms with van der Waals surface area (Å²) in [4.78, 5) is 2.43. The van der Waals surface area contributed by atoms with Crippen molar-refractivity contribution in [3.63, 3.8) is 0 Å². The third-order valence-corrected chi connectivity index (χ3v) is 4.32. The lowest BCUT2D eigenvalue weighted by atomic mass is 9.91. The van der Waals surface area contributed by atoms with Gasteiger partial charge in [-0.05, 0) is 51.4 Å². The summed E-state index contributed by atoms with van der Waals surface area (Å²) in [6.07, 6.45) is 6.06. The maximum absolute atomic E-state index is 9.81. The first-order valence-corrected chi connectivity index (χ1v) is 6.93. The lowest BCUT2D eigenvalue weighted by molar-refractivity contribution is 0.0443. The number of aromatic hydroxyl groups is 1. The van der Waals surface area contributed by atoms with Gasteiger partial charge >= 0.3 is 0 Å². The average Bonchev–Trinajstić information content (AvgIpc) is 2.39. The van der Waals surface area contributed by atoms with Crippen LogP contribution in [0.4, 0.5) is 0 Å². The number of hydrogen-bond acceptors (Lipinski definition) is 3. The van der Waals surface area contributed by atoms with E-state index in [1.54, 1.807) is 6.07 Å². The zero-order valence-electron chi connectivity index (χ0n) is 10.9. The van der Waals surface area contributed by atoms with Gasteiger partial charge in [0.15, 0.2) is 0 Å². The Kier molecular flexibility index (Phi) is 3.16. The molecule has 3 heteroatoms. The summed E-state index contributed by atoms with van der Waals surface area (Å²) in [6, 6.07) is 6.12. The van der Waals surface area contributed by atoms with E-state index >= 15 is 0 Å². The van der Waals surface area contributed by atoms with E-state index in [2.05, 4.69) is 11.9 Å². The van der Waals surface area contributed by atoms with Gasteiger partial charge in [0.2, 0.25) is 0 Å². The molecule has 1 fully saturated rings. The molecule has 0 aromatic heterocycles. The van der Waals surface area contributed by atoms with Crippen LogP contribution in [0.5, 0.6) is 11.5 Å². The largest absolute Gasteiger partial charge is 0.508 e. The van der Waals surface area contributed by atoms with Gasteiger partial charge in [-0.3, -0.25) is 4.90 Å². The summed E-state index contributed by atoms with van der Waals surface area (Å²) in [6.45, 7) is 1.18. The number of ether oxygens (including phenoxy) is 1. The molecule has 0 spiro atoms. The molecular weight excluding hydrogens is 226 g/mol. The molecule has 0 radical (unpaired) electrons. The van der Waals surface area contributed by atoms with Gasteiger partial charge in [-0.25, -0.2) is 0 Å². The van der Waals surface area contributed by atoms with Crippen molar-refractivity contribution >= 4 is 0 Å². The molecule has 3 rings (SSSR count). The normalized spacial score (nSPS) is 28.5. The minimum absolute atomic E-state index is 0.282. The zero-order chi connectivity index (χ0) is 12.5. The van der Waals surface area contributed by atoms with E-state index in [0.29, 0.717) is 11.8 Å². The molecule has 3 nitrogen and oxygen atoms in total. The highest BCUT2D eigenvalue weighted by Crippen LogP contribution is 2.36. The molecule has 0 amide bonds. The van der Waals surface area contributed by atoms with Crippen LogP contribution in [-0.2, 0) is 6.42 Å². The number of hydrogen-bond donors (Lipinski definition) is 1. The molecule has 2 aliphatic rings. The lowest BCUT2D eigenvalue weighted by Gasteiger charge is -2.40. The van der Waals surface area contributed by atoms with E-state index in [0.717, 1.165) is 24.2 Å². The summed E-state index contributed by atoms with van der Waals surface area (Å²) in [5.41, 5.74) is 0.979. The Bertz CT molecular complexity index is 433. The van der Waals surface area contributed by atoms with Gasteiger partial charge < -0.3 is 9.84 Å². The predicted molar refractivity (Wildman–Crippen MR) is 71.1 cm³/mol. The Morgan fingerprint density at radius 3 is 3.00 bits per heavy atom. The Morgan fingerprint density at radius 2 is 2.17 bits per heavy atom. The number of likely N-dealkylation sites (tertiary alicyclic amines) is 1. The fourth-order valence-corrected chi connectivity index (χ4v) is 3.27. The van der Waals surface area contributed by atoms with Gasteiger partial charge in [0.1, 0.15) is 17.6 Å². The minimum Gasteiger partial charge on any atom is -0.508 e. The molecule has 1 aromatic carbocycles. The van der Waals surface area contributed by atoms with Gasteiger partial charge in [-0.2, -0.15) is 0 Å². The van der Waals surface area contributed by atoms with Crippen LogP contribution in [0.15, 0.2) is 18.2 Å². The molecule has 98 valence electrons. The molecule has 0 bridgehead atoms. The highest BCUT2D eigenvalue weighted by Gasteiger charge is 2.32. The van der Waals surface area contributed by atoms with Crippen LogP contribution in [0.3, 0.4) is 0 Å². The van der Waals surface area contributed by atoms with Gasteiger partial charge in [-0.1, -0.05) is 12.5 Å². The molecule has 1 N–H and O–H groups in total. The first-order valence-electron chi connectivity index (χ1n) is 6.93. The first-order chi connectivity index (χ1) is 8.75. The Hall–Kier alpha value is -1.22. The van der Waals surface area contributed by atoms with Crippen LogP contribution in [0.1, 0.15) is 31.2 Å². The molecule has 2 aliphatic heterocycles. The number of rotatable bonds is 1. The second-order valence-electron chi connectivity index (χ2n) is 5.49. The number of phenols is 1. The lowest BCUT2D eigenvalue weighted by Crippen LogP contribution is -2.48. The molecular formula is C15H21NO2. The number of fused-ring (bicyclic) bond motifs is 1. The van der Waals surface area contributed by atoms with Gasteiger partial charge in [-0.15, -0.1) is 0 Å². The van der Waals surface area contributed by atoms with Crippen LogP contribution in [-0.4, -0.2) is 35.7 Å². The second-order valence-corrected chi connectivity index (χ2v) is 5.49. The molecule has 0 aliphatic carbocycles. The fraction of sp³-hybridized carbons (Fsp3) is 0.600. The maximum atomic E-state index is 9.81. The monoisotopic (exact) mass is 247 g/mol. The molecule has 1 aromatic rings. The summed E-state index contributed by atoms with van der Waals surface area (Å²) in [5, 5.41) is 9.81. The topological polar surface area (TPSA) is 32.7 Å². The molecule has 0 saturated carbocycles. The van der Waals surface area contributed by atoms with Crippen LogP contribution >= 0.6 is 0 Å². The first kappa shape index (κ1) is 11.8. The summed E-state index contributed by atoms with van der Waals surface area (Å²) < 4.78 is 6.12. The summed E-state index contributed by atoms with van der Waals surface area (Å²) >= 11 is 0. The van der Waals surface area contributed by atoms with E-state index in [9.17, 15) is 5.11 Å². The number of likely N-dealkylation sites (N-methyl/N-ethyl adjacent to an activating group) is 1. The van der Waals surface area contributed by atoms with Crippen molar-refractivity contribution in [3.05, 3.63) is 23.8 Å². The van der Waals surface area contributed by atoms with Crippen molar-refractivity contribution in [2.75, 3.05) is 13.6 Å². The quantitative estimate of drug-likeness (QED) is 0.828. The number of nitrogens with zero attached hydrogens (tertiary/aromatic N) is 1. The van der Waals surface area contributed by atoms with E-state index in [4.69, 9.17) is 4.74 Å². The van der Waals surface area contributed by atoms with Gasteiger partial charge in [0.05, 0.1) is 0 Å². The SMILES string of the molecule is CN1CCCC[C@H]1[C@H]1CCc2c(O)cccc2O1. The average molecular weight is 247 g/mol. The molecule has 2 heterocycles. The van der Waals surface area contributed by atoms with Crippen molar-refractivity contribution in [3.8, 4) is 11.5 Å². The maximum Gasteiger partial charge on any atom is 0.126 e. The van der Waals surface area contributed by atoms with Crippen LogP contribution in [0.2, 0.25) is 0 Å². The van der Waals surface area contributed by atoms with E-state index in [1.807, 2.05) is 12.1 Å². The zero-order valence-corrected chi connectivity index (χ0v) is 10.9. The fourth-order valence-electron chi connectivity index (χ4n) is 3.27. The highest BCUT2D eigenvalue weighted by molar-refractivity contribution is 5.45. The molecule has 2 atom stereocenters. The van der Waals surface area contributed by atoms with Gasteiger partial charge in [0, 0.05) is 11.6 Å². The molecule has 1 saturated heterocycles. The minimum atomic E-state index is 0.282. The molecule has 0 unspecified atom stereocenters. The summed E-state index contributed by atoms with van der Waals surface area (Å²) in [7, 11) is 2.20. The van der Waals surface area contributed by atoms with Crippen molar-refractivity contribution in [1.29, 1.82) is 0 Å². The Balaban J connectivity index is 1.78. The van der Waals surface area contributed by atoms with Crippen molar-refractivity contribution < 1.29 is 9.84 Å². The predicted octanol–water partition coefficient (Wildman–Crippen LogP) is 2.57. The highest BCUT2D eigenvalue weighted by atomic mass is 16.5. The van der Waals surface area contributed by atoms with E-state index in [1.165, 1.54) is 25.8 Å². The standard InChI is InChI=1S/C15H21NO2/c1-16-10-3-2-5-12(16)15-9-8-11-13(17)6-4-7-14(11)18-15/h4,6-7,12,15,17H,2-3,5,8-10H2,1H3/t12-,15+/m0/s1. The van der Waals surface area contributed by atoms with Crippen LogP contribution < -0.4 is 4.74 Å². The van der Waals surface area contributed by atoms with E-state index < -0.39 is 0 Å². The smallest absolute Gasteiger partial charge is 0.126 e. The van der Waals surface area contributed by atoms with Gasteiger partial charge in [0.25, 0.3) is 0 Å². The van der Waals surface area contributed by atoms with Crippen LogP contribution in [0, 0.1) is 0 Å². The summed E-state index contributed by atoms with van der Waals surface area (Å²) in [5.74, 6) is 1.26. The van der Waals surface area contributed by atoms with Crippen molar-refractivity contribution in [2.45, 2.75) is 44.2 Å². The number of phenolic OH excluding ortho intramolecular Hbond substituents is 1. The van der Waals surface area contributed by atoms with Crippen molar-refractivity contribution in [2.24, 2.45) is 0 Å².